The maximum atomic E-state index is 12.6. The van der Waals surface area contributed by atoms with Crippen LogP contribution in [-0.4, -0.2) is 25.8 Å². The zero-order valence-electron chi connectivity index (χ0n) is 13.4. The van der Waals surface area contributed by atoms with Crippen molar-refractivity contribution in [2.24, 2.45) is 5.92 Å². The van der Waals surface area contributed by atoms with Gasteiger partial charge < -0.3 is 9.47 Å². The molecule has 1 aromatic carbocycles. The van der Waals surface area contributed by atoms with Gasteiger partial charge in [-0.25, -0.2) is 0 Å². The molecular weight excluding hydrogens is 292 g/mol. The number of rotatable bonds is 4. The lowest BCUT2D eigenvalue weighted by molar-refractivity contribution is -0.124. The molecule has 23 heavy (non-hydrogen) atoms. The number of hydrogen-bond acceptors (Lipinski definition) is 4. The first-order chi connectivity index (χ1) is 11.1. The molecule has 0 heterocycles. The summed E-state index contributed by atoms with van der Waals surface area (Å²) in [6, 6.07) is 3.42. The second kappa shape index (κ2) is 7.03. The number of benzene rings is 1. The quantitative estimate of drug-likeness (QED) is 0.633. The highest BCUT2D eigenvalue weighted by Gasteiger charge is 2.44. The molecule has 4 nitrogen and oxygen atoms in total. The fraction of sp³-hybridized carbons (Fsp3) is 0.368. The fourth-order valence-electron chi connectivity index (χ4n) is 2.91. The molecule has 0 spiro atoms. The summed E-state index contributed by atoms with van der Waals surface area (Å²) in [4.78, 5) is 25.0. The Hall–Kier alpha value is -2.72. The van der Waals surface area contributed by atoms with E-state index in [0.29, 0.717) is 22.6 Å². The Morgan fingerprint density at radius 2 is 1.83 bits per heavy atom. The van der Waals surface area contributed by atoms with Crippen LogP contribution in [0.1, 0.15) is 36.8 Å². The molecule has 1 aliphatic carbocycles. The zero-order valence-corrected chi connectivity index (χ0v) is 13.4. The molecule has 0 aliphatic heterocycles. The van der Waals surface area contributed by atoms with E-state index in [1.807, 2.05) is 0 Å². The minimum absolute atomic E-state index is 0.152. The molecule has 1 fully saturated rings. The topological polar surface area (TPSA) is 52.6 Å². The lowest BCUT2D eigenvalue weighted by atomic mass is 9.91. The van der Waals surface area contributed by atoms with Crippen molar-refractivity contribution >= 4 is 11.6 Å². The maximum absolute atomic E-state index is 12.6. The summed E-state index contributed by atoms with van der Waals surface area (Å²) < 4.78 is 10.8. The highest BCUT2D eigenvalue weighted by molar-refractivity contribution is 6.15. The molecule has 0 bridgehead atoms. The zero-order chi connectivity index (χ0) is 17.0. The van der Waals surface area contributed by atoms with Gasteiger partial charge in [-0.3, -0.25) is 9.59 Å². The van der Waals surface area contributed by atoms with E-state index in [1.165, 1.54) is 14.2 Å². The van der Waals surface area contributed by atoms with Crippen LogP contribution in [0.15, 0.2) is 12.1 Å². The minimum Gasteiger partial charge on any atom is -0.496 e. The molecule has 0 radical (unpaired) electrons. The Labute approximate surface area is 136 Å². The molecule has 0 N–H and O–H groups in total. The summed E-state index contributed by atoms with van der Waals surface area (Å²) in [5.74, 6) is 7.40. The van der Waals surface area contributed by atoms with Crippen LogP contribution in [0.5, 0.6) is 11.5 Å². The predicted octanol–water partition coefficient (Wildman–Crippen LogP) is 2.34. The van der Waals surface area contributed by atoms with Gasteiger partial charge in [-0.1, -0.05) is 5.92 Å². The van der Waals surface area contributed by atoms with Crippen molar-refractivity contribution in [2.75, 3.05) is 14.2 Å². The summed E-state index contributed by atoms with van der Waals surface area (Å²) in [7, 11) is 2.98. The molecule has 0 aromatic heterocycles. The monoisotopic (exact) mass is 310 g/mol. The van der Waals surface area contributed by atoms with Crippen LogP contribution in [0.2, 0.25) is 0 Å². The third kappa shape index (κ3) is 3.07. The predicted molar refractivity (Wildman–Crippen MR) is 86.4 cm³/mol. The van der Waals surface area contributed by atoms with Gasteiger partial charge in [0, 0.05) is 24.3 Å². The number of hydrogen-bond donors (Lipinski definition) is 0. The van der Waals surface area contributed by atoms with E-state index in [9.17, 15) is 9.59 Å². The second-order valence-corrected chi connectivity index (χ2v) is 5.28. The smallest absolute Gasteiger partial charge is 0.152 e. The Bertz CT molecular complexity index is 718. The third-order valence-corrected chi connectivity index (χ3v) is 3.92. The van der Waals surface area contributed by atoms with Crippen LogP contribution in [0.25, 0.3) is 0 Å². The van der Waals surface area contributed by atoms with Gasteiger partial charge in [-0.05, 0) is 19.1 Å². The van der Waals surface area contributed by atoms with E-state index in [2.05, 4.69) is 17.8 Å². The highest BCUT2D eigenvalue weighted by Crippen LogP contribution is 2.43. The number of ether oxygens (including phenoxy) is 2. The molecular formula is C19H18O4. The first kappa shape index (κ1) is 16.6. The van der Waals surface area contributed by atoms with Gasteiger partial charge >= 0.3 is 0 Å². The maximum Gasteiger partial charge on any atom is 0.152 e. The van der Waals surface area contributed by atoms with E-state index < -0.39 is 11.8 Å². The van der Waals surface area contributed by atoms with Crippen molar-refractivity contribution in [3.05, 3.63) is 23.3 Å². The first-order valence-electron chi connectivity index (χ1n) is 7.25. The van der Waals surface area contributed by atoms with Crippen LogP contribution in [0.4, 0.5) is 0 Å². The van der Waals surface area contributed by atoms with Crippen molar-refractivity contribution in [2.45, 2.75) is 25.7 Å². The van der Waals surface area contributed by atoms with Crippen molar-refractivity contribution < 1.29 is 19.1 Å². The lowest BCUT2D eigenvalue weighted by Crippen LogP contribution is -2.17. The number of ketones is 2. The van der Waals surface area contributed by atoms with Crippen LogP contribution in [0, 0.1) is 30.1 Å². The SMILES string of the molecule is C#CCC1CC(=O)C(c2c(OC)cc(C#CC)cc2OC)C1=O. The van der Waals surface area contributed by atoms with E-state index in [0.717, 1.165) is 0 Å². The van der Waals surface area contributed by atoms with Crippen LogP contribution < -0.4 is 9.47 Å². The summed E-state index contributed by atoms with van der Waals surface area (Å²) in [5, 5.41) is 0. The Kier molecular flexibility index (Phi) is 5.09. The second-order valence-electron chi connectivity index (χ2n) is 5.28. The molecule has 0 amide bonds. The summed E-state index contributed by atoms with van der Waals surface area (Å²) in [6.45, 7) is 1.72. The normalized spacial score (nSPS) is 19.7. The molecule has 1 aromatic rings. The Morgan fingerprint density at radius 1 is 1.22 bits per heavy atom. The van der Waals surface area contributed by atoms with Crippen molar-refractivity contribution in [1.82, 2.24) is 0 Å². The van der Waals surface area contributed by atoms with Gasteiger partial charge in [0.1, 0.15) is 23.2 Å². The highest BCUT2D eigenvalue weighted by atomic mass is 16.5. The van der Waals surface area contributed by atoms with E-state index in [-0.39, 0.29) is 24.4 Å². The van der Waals surface area contributed by atoms with Crippen molar-refractivity contribution in [3.63, 3.8) is 0 Å². The van der Waals surface area contributed by atoms with Gasteiger partial charge in [0.05, 0.1) is 19.8 Å². The molecule has 2 rings (SSSR count). The number of carbonyl (C=O) groups is 2. The summed E-state index contributed by atoms with van der Waals surface area (Å²) in [6.07, 6.45) is 5.72. The molecule has 1 saturated carbocycles. The van der Waals surface area contributed by atoms with E-state index >= 15 is 0 Å². The molecule has 2 atom stereocenters. The van der Waals surface area contributed by atoms with Crippen LogP contribution in [0.3, 0.4) is 0 Å². The van der Waals surface area contributed by atoms with Gasteiger partial charge in [0.25, 0.3) is 0 Å². The number of Topliss-reactive ketones (excluding diaryl/α,β-unsaturated/α-hetero) is 2. The summed E-state index contributed by atoms with van der Waals surface area (Å²) in [5.41, 5.74) is 1.16. The summed E-state index contributed by atoms with van der Waals surface area (Å²) >= 11 is 0. The lowest BCUT2D eigenvalue weighted by Gasteiger charge is -2.17. The van der Waals surface area contributed by atoms with Crippen LogP contribution in [-0.2, 0) is 9.59 Å². The molecule has 1 aliphatic rings. The average molecular weight is 310 g/mol. The molecule has 118 valence electrons. The van der Waals surface area contributed by atoms with Crippen LogP contribution >= 0.6 is 0 Å². The first-order valence-corrected chi connectivity index (χ1v) is 7.25. The fourth-order valence-corrected chi connectivity index (χ4v) is 2.91. The average Bonchev–Trinajstić information content (AvgIpc) is 2.81. The molecule has 0 saturated heterocycles. The standard InChI is InChI=1S/C19H18O4/c1-5-7-12-9-15(22-3)18(16(10-12)23-4)17-14(20)11-13(8-6-2)19(17)21/h2,9-10,13,17H,8,11H2,1,3-4H3. The Balaban J connectivity index is 2.57. The van der Waals surface area contributed by atoms with E-state index in [4.69, 9.17) is 15.9 Å². The third-order valence-electron chi connectivity index (χ3n) is 3.92. The van der Waals surface area contributed by atoms with Gasteiger partial charge in [-0.15, -0.1) is 18.3 Å². The minimum atomic E-state index is -0.887. The molecule has 2 unspecified atom stereocenters. The largest absolute Gasteiger partial charge is 0.496 e. The van der Waals surface area contributed by atoms with Gasteiger partial charge in [0.15, 0.2) is 5.78 Å². The van der Waals surface area contributed by atoms with Crippen molar-refractivity contribution in [1.29, 1.82) is 0 Å². The number of terminal acetylenes is 1. The molecule has 4 heteroatoms. The van der Waals surface area contributed by atoms with Gasteiger partial charge in [0.2, 0.25) is 0 Å². The Morgan fingerprint density at radius 3 is 2.30 bits per heavy atom. The number of methoxy groups -OCH3 is 2. The van der Waals surface area contributed by atoms with Crippen molar-refractivity contribution in [3.8, 4) is 35.7 Å². The number of carbonyl (C=O) groups excluding carboxylic acids is 2. The van der Waals surface area contributed by atoms with Gasteiger partial charge in [-0.2, -0.15) is 0 Å². The van der Waals surface area contributed by atoms with E-state index in [1.54, 1.807) is 19.1 Å².